The number of amides is 2. The van der Waals surface area contributed by atoms with Crippen molar-refractivity contribution in [3.63, 3.8) is 0 Å². The monoisotopic (exact) mass is 320 g/mol. The number of nitrogens with one attached hydrogen (secondary N) is 2. The van der Waals surface area contributed by atoms with Crippen molar-refractivity contribution in [2.45, 2.75) is 0 Å². The Morgan fingerprint density at radius 3 is 1.57 bits per heavy atom. The topological polar surface area (TPSA) is 58.2 Å². The van der Waals surface area contributed by atoms with Crippen LogP contribution in [0.2, 0.25) is 0 Å². The Bertz CT molecular complexity index is 333. The van der Waals surface area contributed by atoms with Gasteiger partial charge in [0.15, 0.2) is 0 Å². The van der Waals surface area contributed by atoms with Crippen LogP contribution < -0.4 is 8.69 Å². The predicted octanol–water partition coefficient (Wildman–Crippen LogP) is 1.77. The number of halogens is 2. The van der Waals surface area contributed by atoms with Crippen molar-refractivity contribution in [1.29, 1.82) is 0 Å². The second-order valence-electron chi connectivity index (χ2n) is 2.39. The standard InChI is InChI=1S/C8H6Br2N2O2/c9-11-7(13)5-3-1-2-4-6(5)8(14)12-10/h1-4H,(H,11,13)(H,12,14). The molecule has 1 aromatic rings. The minimum absolute atomic E-state index is 0.307. The lowest BCUT2D eigenvalue weighted by molar-refractivity contribution is 0.0953. The number of carbonyl (C=O) groups excluding carboxylic acids is 2. The second kappa shape index (κ2) is 5.11. The molecule has 2 amide bonds. The summed E-state index contributed by atoms with van der Waals surface area (Å²) in [6, 6.07) is 6.49. The Morgan fingerprint density at radius 1 is 0.929 bits per heavy atom. The Labute approximate surface area is 97.7 Å². The van der Waals surface area contributed by atoms with Gasteiger partial charge in [0.25, 0.3) is 11.8 Å². The maximum atomic E-state index is 11.3. The highest BCUT2D eigenvalue weighted by molar-refractivity contribution is 9.08. The summed E-state index contributed by atoms with van der Waals surface area (Å²) in [6.07, 6.45) is 0. The van der Waals surface area contributed by atoms with E-state index in [-0.39, 0.29) is 11.8 Å². The zero-order valence-electron chi connectivity index (χ0n) is 6.88. The molecule has 0 aliphatic rings. The summed E-state index contributed by atoms with van der Waals surface area (Å²) >= 11 is 5.63. The first kappa shape index (κ1) is 11.2. The highest BCUT2D eigenvalue weighted by Crippen LogP contribution is 2.09. The average molecular weight is 322 g/mol. The lowest BCUT2D eigenvalue weighted by Gasteiger charge is -2.04. The van der Waals surface area contributed by atoms with Crippen LogP contribution in [-0.4, -0.2) is 11.8 Å². The molecule has 0 aliphatic heterocycles. The van der Waals surface area contributed by atoms with Crippen LogP contribution in [0.25, 0.3) is 0 Å². The third-order valence-corrected chi connectivity index (χ3v) is 2.31. The molecular formula is C8H6Br2N2O2. The quantitative estimate of drug-likeness (QED) is 0.816. The van der Waals surface area contributed by atoms with Crippen molar-refractivity contribution in [3.05, 3.63) is 35.4 Å². The van der Waals surface area contributed by atoms with Crippen LogP contribution in [0, 0.1) is 0 Å². The van der Waals surface area contributed by atoms with Gasteiger partial charge in [0, 0.05) is 32.3 Å². The summed E-state index contributed by atoms with van der Waals surface area (Å²) in [7, 11) is 0. The van der Waals surface area contributed by atoms with E-state index in [4.69, 9.17) is 0 Å². The molecule has 1 aromatic carbocycles. The highest BCUT2D eigenvalue weighted by Gasteiger charge is 2.14. The first-order valence-corrected chi connectivity index (χ1v) is 5.20. The highest BCUT2D eigenvalue weighted by atomic mass is 79.9. The molecule has 0 unspecified atom stereocenters. The van der Waals surface area contributed by atoms with Crippen LogP contribution in [-0.2, 0) is 0 Å². The van der Waals surface area contributed by atoms with Crippen LogP contribution in [0.15, 0.2) is 24.3 Å². The zero-order valence-corrected chi connectivity index (χ0v) is 10.1. The van der Waals surface area contributed by atoms with Gasteiger partial charge in [-0.2, -0.15) is 0 Å². The summed E-state index contributed by atoms with van der Waals surface area (Å²) in [4.78, 5) is 22.6. The summed E-state index contributed by atoms with van der Waals surface area (Å²) in [6.45, 7) is 0. The largest absolute Gasteiger partial charge is 0.289 e. The molecular weight excluding hydrogens is 316 g/mol. The molecule has 0 fully saturated rings. The van der Waals surface area contributed by atoms with E-state index in [1.54, 1.807) is 24.3 Å². The van der Waals surface area contributed by atoms with Gasteiger partial charge < -0.3 is 0 Å². The van der Waals surface area contributed by atoms with E-state index < -0.39 is 0 Å². The lowest BCUT2D eigenvalue weighted by atomic mass is 10.1. The molecule has 0 radical (unpaired) electrons. The summed E-state index contributed by atoms with van der Waals surface area (Å²) in [5.41, 5.74) is 0.614. The SMILES string of the molecule is O=C(NBr)c1ccccc1C(=O)NBr. The van der Waals surface area contributed by atoms with Crippen molar-refractivity contribution < 1.29 is 9.59 Å². The minimum Gasteiger partial charge on any atom is -0.289 e. The fraction of sp³-hybridized carbons (Fsp3) is 0. The van der Waals surface area contributed by atoms with Gasteiger partial charge in [-0.25, -0.2) is 0 Å². The van der Waals surface area contributed by atoms with Gasteiger partial charge in [-0.3, -0.25) is 18.3 Å². The number of rotatable bonds is 2. The molecule has 4 nitrogen and oxygen atoms in total. The second-order valence-corrected chi connectivity index (χ2v) is 3.19. The van der Waals surface area contributed by atoms with E-state index in [0.29, 0.717) is 11.1 Å². The van der Waals surface area contributed by atoms with E-state index in [1.165, 1.54) is 0 Å². The van der Waals surface area contributed by atoms with E-state index in [9.17, 15) is 9.59 Å². The van der Waals surface area contributed by atoms with Gasteiger partial charge in [0.05, 0.1) is 11.1 Å². The number of benzene rings is 1. The van der Waals surface area contributed by atoms with Gasteiger partial charge in [0.2, 0.25) is 0 Å². The maximum Gasteiger partial charge on any atom is 0.261 e. The summed E-state index contributed by atoms with van der Waals surface area (Å²) in [5, 5.41) is 0. The van der Waals surface area contributed by atoms with Crippen molar-refractivity contribution in [2.75, 3.05) is 0 Å². The van der Waals surface area contributed by atoms with E-state index in [1.807, 2.05) is 0 Å². The molecule has 6 heteroatoms. The predicted molar refractivity (Wildman–Crippen MR) is 59.2 cm³/mol. The van der Waals surface area contributed by atoms with E-state index in [2.05, 4.69) is 41.0 Å². The molecule has 0 spiro atoms. The van der Waals surface area contributed by atoms with E-state index >= 15 is 0 Å². The Balaban J connectivity index is 3.15. The first-order chi connectivity index (χ1) is 6.70. The van der Waals surface area contributed by atoms with Crippen LogP contribution in [0.4, 0.5) is 0 Å². The lowest BCUT2D eigenvalue weighted by Crippen LogP contribution is -2.20. The van der Waals surface area contributed by atoms with Gasteiger partial charge in [-0.1, -0.05) is 12.1 Å². The van der Waals surface area contributed by atoms with Gasteiger partial charge in [-0.05, 0) is 12.1 Å². The minimum atomic E-state index is -0.364. The number of hydrogen-bond acceptors (Lipinski definition) is 2. The molecule has 1 rings (SSSR count). The molecule has 2 N–H and O–H groups in total. The molecule has 14 heavy (non-hydrogen) atoms. The smallest absolute Gasteiger partial charge is 0.261 e. The van der Waals surface area contributed by atoms with Crippen molar-refractivity contribution in [2.24, 2.45) is 0 Å². The van der Waals surface area contributed by atoms with Crippen molar-refractivity contribution in [3.8, 4) is 0 Å². The Morgan fingerprint density at radius 2 is 1.29 bits per heavy atom. The Kier molecular flexibility index (Phi) is 4.09. The Hall–Kier alpha value is -0.880. The summed E-state index contributed by atoms with van der Waals surface area (Å²) in [5.74, 6) is -0.728. The van der Waals surface area contributed by atoms with Crippen molar-refractivity contribution >= 4 is 44.1 Å². The molecule has 0 saturated carbocycles. The van der Waals surface area contributed by atoms with Crippen molar-refractivity contribution in [1.82, 2.24) is 8.69 Å². The molecule has 0 saturated heterocycles. The van der Waals surface area contributed by atoms with Gasteiger partial charge in [-0.15, -0.1) is 0 Å². The fourth-order valence-electron chi connectivity index (χ4n) is 0.981. The van der Waals surface area contributed by atoms with Crippen LogP contribution in [0.3, 0.4) is 0 Å². The van der Waals surface area contributed by atoms with Gasteiger partial charge >= 0.3 is 0 Å². The number of carbonyl (C=O) groups is 2. The third-order valence-electron chi connectivity index (χ3n) is 1.59. The molecule has 0 aliphatic carbocycles. The summed E-state index contributed by atoms with van der Waals surface area (Å²) < 4.78 is 4.56. The van der Waals surface area contributed by atoms with Gasteiger partial charge in [0.1, 0.15) is 0 Å². The van der Waals surface area contributed by atoms with Crippen LogP contribution >= 0.6 is 32.3 Å². The molecule has 0 aromatic heterocycles. The number of hydrogen-bond donors (Lipinski definition) is 2. The van der Waals surface area contributed by atoms with Crippen LogP contribution in [0.5, 0.6) is 0 Å². The average Bonchev–Trinajstić information content (AvgIpc) is 2.27. The molecule has 0 bridgehead atoms. The maximum absolute atomic E-state index is 11.3. The zero-order chi connectivity index (χ0) is 10.6. The molecule has 0 heterocycles. The van der Waals surface area contributed by atoms with E-state index in [0.717, 1.165) is 0 Å². The molecule has 0 atom stereocenters. The fourth-order valence-corrected chi connectivity index (χ4v) is 1.41. The normalized spacial score (nSPS) is 9.29. The third kappa shape index (κ3) is 2.33. The molecule has 74 valence electrons. The van der Waals surface area contributed by atoms with Crippen LogP contribution in [0.1, 0.15) is 20.7 Å². The first-order valence-electron chi connectivity index (χ1n) is 3.61.